The lowest BCUT2D eigenvalue weighted by atomic mass is 10.2. The van der Waals surface area contributed by atoms with Crippen LogP contribution in [0.25, 0.3) is 0 Å². The van der Waals surface area contributed by atoms with E-state index in [-0.39, 0.29) is 11.0 Å². The van der Waals surface area contributed by atoms with Gasteiger partial charge in [0.05, 0.1) is 0 Å². The molecule has 2 rings (SSSR count). The molecule has 0 bridgehead atoms. The first kappa shape index (κ1) is 16.3. The fourth-order valence-electron chi connectivity index (χ4n) is 2.34. The van der Waals surface area contributed by atoms with Gasteiger partial charge in [0.1, 0.15) is 11.0 Å². The van der Waals surface area contributed by atoms with Gasteiger partial charge >= 0.3 is 6.18 Å². The van der Waals surface area contributed by atoms with E-state index in [2.05, 4.69) is 20.2 Å². The molecule has 8 heteroatoms. The predicted octanol–water partition coefficient (Wildman–Crippen LogP) is 3.44. The van der Waals surface area contributed by atoms with Gasteiger partial charge in [-0.1, -0.05) is 24.4 Å². The predicted molar refractivity (Wildman–Crippen MR) is 75.4 cm³/mol. The van der Waals surface area contributed by atoms with Crippen molar-refractivity contribution in [1.82, 2.24) is 14.9 Å². The Balaban J connectivity index is 1.89. The molecular formula is C13H18ClF3N4. The molecule has 0 spiro atoms. The summed E-state index contributed by atoms with van der Waals surface area (Å²) in [7, 11) is 0. The number of nitrogens with zero attached hydrogens (tertiary/aromatic N) is 3. The van der Waals surface area contributed by atoms with Gasteiger partial charge in [0, 0.05) is 19.2 Å². The van der Waals surface area contributed by atoms with Crippen molar-refractivity contribution in [2.45, 2.75) is 31.9 Å². The first-order chi connectivity index (χ1) is 9.95. The molecule has 0 unspecified atom stereocenters. The summed E-state index contributed by atoms with van der Waals surface area (Å²) in [6, 6.07) is 1.30. The van der Waals surface area contributed by atoms with Crippen molar-refractivity contribution in [3.8, 4) is 0 Å². The number of alkyl halides is 3. The average Bonchev–Trinajstić information content (AvgIpc) is 2.66. The Morgan fingerprint density at radius 3 is 2.43 bits per heavy atom. The zero-order valence-electron chi connectivity index (χ0n) is 11.6. The Hall–Kier alpha value is -1.08. The van der Waals surface area contributed by atoms with Crippen molar-refractivity contribution in [3.63, 3.8) is 0 Å². The van der Waals surface area contributed by atoms with E-state index >= 15 is 0 Å². The highest BCUT2D eigenvalue weighted by atomic mass is 35.5. The second-order valence-electron chi connectivity index (χ2n) is 5.08. The normalized spacial score (nSPS) is 17.5. The molecule has 1 N–H and O–H groups in total. The molecule has 2 heterocycles. The number of likely N-dealkylation sites (tertiary alicyclic amines) is 1. The van der Waals surface area contributed by atoms with Crippen LogP contribution in [-0.4, -0.2) is 41.0 Å². The largest absolute Gasteiger partial charge is 0.451 e. The van der Waals surface area contributed by atoms with Gasteiger partial charge < -0.3 is 10.2 Å². The molecule has 0 amide bonds. The van der Waals surface area contributed by atoms with E-state index in [4.69, 9.17) is 11.6 Å². The van der Waals surface area contributed by atoms with Crippen molar-refractivity contribution >= 4 is 17.4 Å². The Labute approximate surface area is 126 Å². The van der Waals surface area contributed by atoms with Gasteiger partial charge in [-0.25, -0.2) is 9.97 Å². The third kappa shape index (κ3) is 5.32. The maximum atomic E-state index is 12.6. The molecule has 118 valence electrons. The van der Waals surface area contributed by atoms with Crippen LogP contribution in [0.15, 0.2) is 6.07 Å². The second-order valence-corrected chi connectivity index (χ2v) is 5.47. The van der Waals surface area contributed by atoms with Crippen LogP contribution >= 0.6 is 11.6 Å². The van der Waals surface area contributed by atoms with Crippen LogP contribution in [0.2, 0.25) is 5.15 Å². The molecule has 1 aliphatic heterocycles. The second kappa shape index (κ2) is 7.26. The first-order valence-corrected chi connectivity index (χ1v) is 7.41. The zero-order chi connectivity index (χ0) is 15.3. The van der Waals surface area contributed by atoms with E-state index < -0.39 is 12.0 Å². The zero-order valence-corrected chi connectivity index (χ0v) is 12.3. The summed E-state index contributed by atoms with van der Waals surface area (Å²) >= 11 is 5.60. The van der Waals surface area contributed by atoms with Crippen molar-refractivity contribution in [3.05, 3.63) is 17.0 Å². The maximum Gasteiger partial charge on any atom is 0.451 e. The van der Waals surface area contributed by atoms with Crippen LogP contribution in [0, 0.1) is 0 Å². The highest BCUT2D eigenvalue weighted by Crippen LogP contribution is 2.28. The van der Waals surface area contributed by atoms with Gasteiger partial charge in [0.15, 0.2) is 0 Å². The number of rotatable bonds is 4. The SMILES string of the molecule is FC(F)(F)c1nc(Cl)cc(NCCN2CCCCCC2)n1. The number of anilines is 1. The van der Waals surface area contributed by atoms with Crippen LogP contribution in [0.4, 0.5) is 19.0 Å². The molecule has 4 nitrogen and oxygen atoms in total. The molecule has 21 heavy (non-hydrogen) atoms. The molecule has 1 fully saturated rings. The molecule has 0 aromatic carbocycles. The molecule has 0 atom stereocenters. The minimum Gasteiger partial charge on any atom is -0.369 e. The van der Waals surface area contributed by atoms with Crippen molar-refractivity contribution < 1.29 is 13.2 Å². The summed E-state index contributed by atoms with van der Waals surface area (Å²) in [5, 5.41) is 2.68. The van der Waals surface area contributed by atoms with Gasteiger partial charge in [-0.2, -0.15) is 13.2 Å². The monoisotopic (exact) mass is 322 g/mol. The summed E-state index contributed by atoms with van der Waals surface area (Å²) in [6.07, 6.45) is 0.266. The van der Waals surface area contributed by atoms with Crippen LogP contribution in [-0.2, 0) is 6.18 Å². The maximum absolute atomic E-state index is 12.6. The van der Waals surface area contributed by atoms with E-state index in [1.165, 1.54) is 31.7 Å². The summed E-state index contributed by atoms with van der Waals surface area (Å²) < 4.78 is 37.8. The summed E-state index contributed by atoms with van der Waals surface area (Å²) in [4.78, 5) is 8.96. The lowest BCUT2D eigenvalue weighted by Crippen LogP contribution is -2.30. The molecular weight excluding hydrogens is 305 g/mol. The van der Waals surface area contributed by atoms with E-state index in [9.17, 15) is 13.2 Å². The van der Waals surface area contributed by atoms with Crippen LogP contribution < -0.4 is 5.32 Å². The molecule has 1 aromatic rings. The van der Waals surface area contributed by atoms with Crippen LogP contribution in [0.3, 0.4) is 0 Å². The number of aromatic nitrogens is 2. The summed E-state index contributed by atoms with van der Waals surface area (Å²) in [5.74, 6) is -1.11. The minimum atomic E-state index is -4.59. The topological polar surface area (TPSA) is 41.1 Å². The third-order valence-corrected chi connectivity index (χ3v) is 3.57. The fraction of sp³-hybridized carbons (Fsp3) is 0.692. The van der Waals surface area contributed by atoms with Gasteiger partial charge in [0.2, 0.25) is 5.82 Å². The highest BCUT2D eigenvalue weighted by Gasteiger charge is 2.35. The van der Waals surface area contributed by atoms with E-state index in [1.54, 1.807) is 0 Å². The Kier molecular flexibility index (Phi) is 5.64. The lowest BCUT2D eigenvalue weighted by Gasteiger charge is -2.20. The quantitative estimate of drug-likeness (QED) is 0.862. The molecule has 1 aliphatic rings. The number of hydrogen-bond donors (Lipinski definition) is 1. The number of hydrogen-bond acceptors (Lipinski definition) is 4. The van der Waals surface area contributed by atoms with Gasteiger partial charge in [-0.05, 0) is 25.9 Å². The molecule has 1 aromatic heterocycles. The van der Waals surface area contributed by atoms with E-state index in [1.807, 2.05) is 0 Å². The summed E-state index contributed by atoms with van der Waals surface area (Å²) in [5.41, 5.74) is 0. The van der Waals surface area contributed by atoms with Crippen LogP contribution in [0.1, 0.15) is 31.5 Å². The smallest absolute Gasteiger partial charge is 0.369 e. The molecule has 0 radical (unpaired) electrons. The standard InChI is InChI=1S/C13H18ClF3N4/c14-10-9-11(20-12(19-10)13(15,16)17)18-5-8-21-6-3-1-2-4-7-21/h9H,1-8H2,(H,18,19,20). The Morgan fingerprint density at radius 2 is 1.81 bits per heavy atom. The van der Waals surface area contributed by atoms with Crippen molar-refractivity contribution in [2.24, 2.45) is 0 Å². The van der Waals surface area contributed by atoms with Crippen molar-refractivity contribution in [1.29, 1.82) is 0 Å². The highest BCUT2D eigenvalue weighted by molar-refractivity contribution is 6.29. The Bertz CT molecular complexity index is 459. The van der Waals surface area contributed by atoms with Crippen LogP contribution in [0.5, 0.6) is 0 Å². The number of halogens is 4. The summed E-state index contributed by atoms with van der Waals surface area (Å²) in [6.45, 7) is 3.40. The van der Waals surface area contributed by atoms with Gasteiger partial charge in [-0.15, -0.1) is 0 Å². The minimum absolute atomic E-state index is 0.108. The van der Waals surface area contributed by atoms with Gasteiger partial charge in [-0.3, -0.25) is 0 Å². The number of nitrogens with one attached hydrogen (secondary N) is 1. The van der Waals surface area contributed by atoms with Crippen molar-refractivity contribution in [2.75, 3.05) is 31.5 Å². The third-order valence-electron chi connectivity index (χ3n) is 3.38. The first-order valence-electron chi connectivity index (χ1n) is 7.03. The Morgan fingerprint density at radius 1 is 1.14 bits per heavy atom. The van der Waals surface area contributed by atoms with E-state index in [0.717, 1.165) is 19.6 Å². The molecule has 0 aliphatic carbocycles. The van der Waals surface area contributed by atoms with E-state index in [0.29, 0.717) is 6.54 Å². The lowest BCUT2D eigenvalue weighted by molar-refractivity contribution is -0.144. The molecule has 0 saturated carbocycles. The average molecular weight is 323 g/mol. The fourth-order valence-corrected chi connectivity index (χ4v) is 2.52. The molecule has 1 saturated heterocycles. The van der Waals surface area contributed by atoms with Gasteiger partial charge in [0.25, 0.3) is 0 Å².